The Morgan fingerprint density at radius 1 is 1.30 bits per heavy atom. The van der Waals surface area contributed by atoms with Gasteiger partial charge in [-0.05, 0) is 31.2 Å². The van der Waals surface area contributed by atoms with Crippen LogP contribution in [-0.4, -0.2) is 55.6 Å². The van der Waals surface area contributed by atoms with Gasteiger partial charge < -0.3 is 9.64 Å². The number of hydrogen-bond donors (Lipinski definition) is 0. The minimum Gasteiger partial charge on any atom is -0.377 e. The number of rotatable bonds is 3. The molecular weight excluding hydrogens is 288 g/mol. The average Bonchev–Trinajstić information content (AvgIpc) is 2.55. The van der Waals surface area contributed by atoms with Crippen LogP contribution in [0.25, 0.3) is 0 Å². The van der Waals surface area contributed by atoms with E-state index in [9.17, 15) is 4.79 Å². The summed E-state index contributed by atoms with van der Waals surface area (Å²) in [6, 6.07) is 8.80. The van der Waals surface area contributed by atoms with Crippen LogP contribution >= 0.6 is 0 Å². The van der Waals surface area contributed by atoms with E-state index in [1.165, 1.54) is 11.1 Å². The second-order valence-electron chi connectivity index (χ2n) is 7.31. The Bertz CT molecular complexity index is 541. The van der Waals surface area contributed by atoms with E-state index in [1.54, 1.807) is 4.90 Å². The molecular formula is C19H28N2O2. The summed E-state index contributed by atoms with van der Waals surface area (Å²) in [5, 5.41) is 0. The Morgan fingerprint density at radius 3 is 2.74 bits per heavy atom. The lowest BCUT2D eigenvalue weighted by Gasteiger charge is -2.43. The van der Waals surface area contributed by atoms with Crippen LogP contribution < -0.4 is 0 Å². The molecule has 2 aliphatic rings. The molecule has 2 fully saturated rings. The van der Waals surface area contributed by atoms with Crippen LogP contribution in [0.2, 0.25) is 0 Å². The smallest absolute Gasteiger partial charge is 0.227 e. The second kappa shape index (κ2) is 7.02. The molecule has 0 aliphatic carbocycles. The molecule has 2 saturated heterocycles. The van der Waals surface area contributed by atoms with Crippen molar-refractivity contribution >= 4 is 5.91 Å². The second-order valence-corrected chi connectivity index (χ2v) is 7.31. The molecule has 2 heterocycles. The fourth-order valence-corrected chi connectivity index (χ4v) is 3.84. The Labute approximate surface area is 139 Å². The van der Waals surface area contributed by atoms with Gasteiger partial charge in [-0.2, -0.15) is 0 Å². The van der Waals surface area contributed by atoms with E-state index >= 15 is 0 Å². The van der Waals surface area contributed by atoms with Gasteiger partial charge in [-0.25, -0.2) is 0 Å². The zero-order valence-corrected chi connectivity index (χ0v) is 14.5. The van der Waals surface area contributed by atoms with Gasteiger partial charge in [0.25, 0.3) is 0 Å². The van der Waals surface area contributed by atoms with Crippen molar-refractivity contribution in [3.63, 3.8) is 0 Å². The van der Waals surface area contributed by atoms with Gasteiger partial charge in [-0.3, -0.25) is 9.69 Å². The maximum atomic E-state index is 12.2. The number of fused-ring (bicyclic) bond motifs is 1. The molecule has 3 rings (SSSR count). The molecule has 3 atom stereocenters. The number of aryl methyl sites for hydroxylation is 1. The van der Waals surface area contributed by atoms with Crippen molar-refractivity contribution in [1.82, 2.24) is 9.80 Å². The quantitative estimate of drug-likeness (QED) is 0.858. The van der Waals surface area contributed by atoms with Gasteiger partial charge in [-0.15, -0.1) is 0 Å². The van der Waals surface area contributed by atoms with Gasteiger partial charge in [-0.1, -0.05) is 29.8 Å². The predicted molar refractivity (Wildman–Crippen MR) is 91.1 cm³/mol. The maximum absolute atomic E-state index is 12.2. The number of piperidine rings is 1. The largest absolute Gasteiger partial charge is 0.377 e. The molecule has 23 heavy (non-hydrogen) atoms. The van der Waals surface area contributed by atoms with Crippen molar-refractivity contribution in [3.05, 3.63) is 35.4 Å². The Hall–Kier alpha value is -1.39. The van der Waals surface area contributed by atoms with Crippen molar-refractivity contribution in [2.24, 2.45) is 11.8 Å². The zero-order valence-electron chi connectivity index (χ0n) is 14.5. The number of hydrogen-bond acceptors (Lipinski definition) is 3. The molecule has 1 aromatic carbocycles. The predicted octanol–water partition coefficient (Wildman–Crippen LogP) is 2.31. The Kier molecular flexibility index (Phi) is 5.02. The third-order valence-corrected chi connectivity index (χ3v) is 5.16. The van der Waals surface area contributed by atoms with Crippen molar-refractivity contribution in [2.45, 2.75) is 32.4 Å². The number of carbonyl (C=O) groups excluding carboxylic acids is 1. The van der Waals surface area contributed by atoms with Crippen molar-refractivity contribution < 1.29 is 9.53 Å². The molecule has 4 nitrogen and oxygen atoms in total. The highest BCUT2D eigenvalue weighted by molar-refractivity contribution is 5.78. The molecule has 1 aromatic rings. The number of benzene rings is 1. The van der Waals surface area contributed by atoms with E-state index in [0.717, 1.165) is 32.5 Å². The Morgan fingerprint density at radius 2 is 2.04 bits per heavy atom. The topological polar surface area (TPSA) is 32.8 Å². The van der Waals surface area contributed by atoms with E-state index in [1.807, 2.05) is 14.1 Å². The monoisotopic (exact) mass is 316 g/mol. The number of likely N-dealkylation sites (tertiary alicyclic amines) is 1. The first kappa shape index (κ1) is 16.5. The fraction of sp³-hybridized carbons (Fsp3) is 0.632. The first-order chi connectivity index (χ1) is 11.0. The minimum atomic E-state index is 0.0329. The molecule has 0 unspecified atom stereocenters. The van der Waals surface area contributed by atoms with Crippen LogP contribution in [0.1, 0.15) is 24.0 Å². The highest BCUT2D eigenvalue weighted by Gasteiger charge is 2.38. The van der Waals surface area contributed by atoms with E-state index in [2.05, 4.69) is 36.1 Å². The summed E-state index contributed by atoms with van der Waals surface area (Å²) in [6.45, 7) is 5.83. The summed E-state index contributed by atoms with van der Waals surface area (Å²) >= 11 is 0. The zero-order chi connectivity index (χ0) is 16.4. The maximum Gasteiger partial charge on any atom is 0.227 e. The van der Waals surface area contributed by atoms with Crippen LogP contribution in [-0.2, 0) is 16.1 Å². The molecule has 0 bridgehead atoms. The number of amides is 1. The lowest BCUT2D eigenvalue weighted by Crippen LogP contribution is -2.50. The molecule has 0 N–H and O–H groups in total. The summed E-state index contributed by atoms with van der Waals surface area (Å²) in [5.41, 5.74) is 2.67. The molecule has 1 amide bonds. The van der Waals surface area contributed by atoms with Gasteiger partial charge in [0.1, 0.15) is 0 Å². The van der Waals surface area contributed by atoms with Crippen molar-refractivity contribution in [2.75, 3.05) is 33.8 Å². The summed E-state index contributed by atoms with van der Waals surface area (Å²) < 4.78 is 6.01. The first-order valence-electron chi connectivity index (χ1n) is 8.63. The summed E-state index contributed by atoms with van der Waals surface area (Å²) in [7, 11) is 3.66. The van der Waals surface area contributed by atoms with E-state index in [-0.39, 0.29) is 11.8 Å². The Balaban J connectivity index is 1.59. The normalized spacial score (nSPS) is 28.2. The van der Waals surface area contributed by atoms with Crippen LogP contribution in [0.4, 0.5) is 0 Å². The standard InChI is InChI=1S/C19H28N2O2/c1-14-4-6-15(7-5-14)11-21-9-8-18-16(12-21)10-17(13-23-18)19(22)20(2)3/h4-7,16-18H,8-13H2,1-3H3/t16-,17-,18+/m1/s1. The number of nitrogens with zero attached hydrogens (tertiary/aromatic N) is 2. The summed E-state index contributed by atoms with van der Waals surface area (Å²) in [4.78, 5) is 16.4. The molecule has 0 aromatic heterocycles. The van der Waals surface area contributed by atoms with Crippen molar-refractivity contribution in [3.8, 4) is 0 Å². The van der Waals surface area contributed by atoms with Crippen molar-refractivity contribution in [1.29, 1.82) is 0 Å². The van der Waals surface area contributed by atoms with Gasteiger partial charge in [0, 0.05) is 33.7 Å². The fourth-order valence-electron chi connectivity index (χ4n) is 3.84. The molecule has 0 saturated carbocycles. The van der Waals surface area contributed by atoms with Gasteiger partial charge in [0.05, 0.1) is 18.6 Å². The summed E-state index contributed by atoms with van der Waals surface area (Å²) in [6.07, 6.45) is 2.39. The van der Waals surface area contributed by atoms with E-state index in [0.29, 0.717) is 18.6 Å². The van der Waals surface area contributed by atoms with Crippen LogP contribution in [0.15, 0.2) is 24.3 Å². The molecule has 4 heteroatoms. The third kappa shape index (κ3) is 3.93. The number of ether oxygens (including phenoxy) is 1. The van der Waals surface area contributed by atoms with E-state index in [4.69, 9.17) is 4.74 Å². The first-order valence-corrected chi connectivity index (χ1v) is 8.63. The van der Waals surface area contributed by atoms with Crippen LogP contribution in [0.3, 0.4) is 0 Å². The van der Waals surface area contributed by atoms with E-state index < -0.39 is 0 Å². The highest BCUT2D eigenvalue weighted by Crippen LogP contribution is 2.32. The highest BCUT2D eigenvalue weighted by atomic mass is 16.5. The minimum absolute atomic E-state index is 0.0329. The molecule has 2 aliphatic heterocycles. The molecule has 0 spiro atoms. The van der Waals surface area contributed by atoms with Gasteiger partial charge in [0.2, 0.25) is 5.91 Å². The lowest BCUT2D eigenvalue weighted by molar-refractivity contribution is -0.146. The van der Waals surface area contributed by atoms with Gasteiger partial charge in [0.15, 0.2) is 0 Å². The number of carbonyl (C=O) groups is 1. The summed E-state index contributed by atoms with van der Waals surface area (Å²) in [5.74, 6) is 0.724. The lowest BCUT2D eigenvalue weighted by atomic mass is 9.83. The third-order valence-electron chi connectivity index (χ3n) is 5.16. The van der Waals surface area contributed by atoms with Gasteiger partial charge >= 0.3 is 0 Å². The molecule has 0 radical (unpaired) electrons. The molecule has 126 valence electrons. The average molecular weight is 316 g/mol. The van der Waals surface area contributed by atoms with Crippen LogP contribution in [0.5, 0.6) is 0 Å². The SMILES string of the molecule is Cc1ccc(CN2CC[C@@H]3OC[C@H](C(=O)N(C)C)C[C@@H]3C2)cc1. The van der Waals surface area contributed by atoms with Crippen LogP contribution in [0, 0.1) is 18.8 Å².